The number of hydrogen-bond donors (Lipinski definition) is 2. The topological polar surface area (TPSA) is 74.5 Å². The third kappa shape index (κ3) is 3.60. The number of rotatable bonds is 3. The van der Waals surface area contributed by atoms with Gasteiger partial charge in [-0.15, -0.1) is 0 Å². The van der Waals surface area contributed by atoms with Gasteiger partial charge in [-0.05, 0) is 67.9 Å². The Morgan fingerprint density at radius 1 is 0.906 bits per heavy atom. The number of piperazine rings is 1. The number of nitrogen functional groups attached to an aromatic ring is 1. The average Bonchev–Trinajstić information content (AvgIpc) is 3.02. The van der Waals surface area contributed by atoms with E-state index in [0.29, 0.717) is 5.82 Å². The van der Waals surface area contributed by atoms with Crippen molar-refractivity contribution in [3.63, 3.8) is 0 Å². The van der Waals surface area contributed by atoms with Crippen LogP contribution in [0, 0.1) is 0 Å². The van der Waals surface area contributed by atoms with E-state index in [1.54, 1.807) is 0 Å². The highest BCUT2D eigenvalue weighted by Crippen LogP contribution is 2.36. The number of benzene rings is 2. The second-order valence-electron chi connectivity index (χ2n) is 9.33. The molecule has 1 fully saturated rings. The molecule has 0 radical (unpaired) electrons. The number of anilines is 2. The van der Waals surface area contributed by atoms with Gasteiger partial charge in [0.1, 0.15) is 5.82 Å². The highest BCUT2D eigenvalue weighted by molar-refractivity contribution is 6.00. The lowest BCUT2D eigenvalue weighted by molar-refractivity contribution is 0.0940. The first kappa shape index (κ1) is 20.5. The molecule has 164 valence electrons. The van der Waals surface area contributed by atoms with Crippen molar-refractivity contribution in [1.29, 1.82) is 0 Å². The molecule has 1 aromatic heterocycles. The summed E-state index contributed by atoms with van der Waals surface area (Å²) in [5.41, 5.74) is 12.8. The molecule has 0 bridgehead atoms. The number of likely N-dealkylation sites (N-methyl/N-ethyl adjacent to an activating group) is 1. The molecule has 3 heterocycles. The largest absolute Gasteiger partial charge is 0.383 e. The molecule has 3 aromatic rings. The van der Waals surface area contributed by atoms with Crippen molar-refractivity contribution in [3.05, 3.63) is 65.9 Å². The SMILES string of the molecule is CN1CCN(c2ccc(-c3cnc(N)c(-c4ccc5c(c4)C(C)(C)NC5=O)c3)cc2)CC1. The van der Waals surface area contributed by atoms with Crippen LogP contribution in [0.5, 0.6) is 0 Å². The molecule has 0 spiro atoms. The van der Waals surface area contributed by atoms with Crippen molar-refractivity contribution in [2.24, 2.45) is 0 Å². The van der Waals surface area contributed by atoms with Crippen molar-refractivity contribution in [1.82, 2.24) is 15.2 Å². The molecule has 6 heteroatoms. The Morgan fingerprint density at radius 2 is 1.59 bits per heavy atom. The minimum Gasteiger partial charge on any atom is -0.383 e. The number of carbonyl (C=O) groups is 1. The number of amides is 1. The summed E-state index contributed by atoms with van der Waals surface area (Å²) in [5, 5.41) is 3.03. The molecule has 2 aromatic carbocycles. The lowest BCUT2D eigenvalue weighted by Gasteiger charge is -2.34. The number of carbonyl (C=O) groups excluding carboxylic acids is 1. The van der Waals surface area contributed by atoms with Gasteiger partial charge in [-0.3, -0.25) is 4.79 Å². The van der Waals surface area contributed by atoms with Gasteiger partial charge < -0.3 is 20.9 Å². The first-order valence-electron chi connectivity index (χ1n) is 11.1. The van der Waals surface area contributed by atoms with Crippen LogP contribution >= 0.6 is 0 Å². The van der Waals surface area contributed by atoms with E-state index in [4.69, 9.17) is 5.73 Å². The minimum atomic E-state index is -0.401. The summed E-state index contributed by atoms with van der Waals surface area (Å²) >= 11 is 0. The number of fused-ring (bicyclic) bond motifs is 1. The van der Waals surface area contributed by atoms with Gasteiger partial charge in [0.15, 0.2) is 0 Å². The maximum absolute atomic E-state index is 12.2. The van der Waals surface area contributed by atoms with E-state index >= 15 is 0 Å². The van der Waals surface area contributed by atoms with Crippen LogP contribution in [0.2, 0.25) is 0 Å². The number of nitrogens with one attached hydrogen (secondary N) is 1. The van der Waals surface area contributed by atoms with Crippen LogP contribution in [0.25, 0.3) is 22.3 Å². The Balaban J connectivity index is 1.46. The summed E-state index contributed by atoms with van der Waals surface area (Å²) in [6.07, 6.45) is 1.83. The quantitative estimate of drug-likeness (QED) is 0.666. The van der Waals surface area contributed by atoms with E-state index in [0.717, 1.165) is 59.6 Å². The predicted octanol–water partition coefficient (Wildman–Crippen LogP) is 3.73. The van der Waals surface area contributed by atoms with Crippen molar-refractivity contribution >= 4 is 17.4 Å². The number of aromatic nitrogens is 1. The first-order chi connectivity index (χ1) is 15.3. The van der Waals surface area contributed by atoms with E-state index < -0.39 is 5.54 Å². The smallest absolute Gasteiger partial charge is 0.252 e. The molecule has 0 aliphatic carbocycles. The van der Waals surface area contributed by atoms with Gasteiger partial charge in [0.2, 0.25) is 0 Å². The van der Waals surface area contributed by atoms with Crippen LogP contribution in [0.1, 0.15) is 29.8 Å². The summed E-state index contributed by atoms with van der Waals surface area (Å²) in [4.78, 5) is 21.5. The van der Waals surface area contributed by atoms with Gasteiger partial charge in [-0.25, -0.2) is 4.98 Å². The molecular weight excluding hydrogens is 398 g/mol. The molecule has 3 N–H and O–H groups in total. The van der Waals surface area contributed by atoms with Crippen LogP contribution in [0.4, 0.5) is 11.5 Å². The molecule has 2 aliphatic heterocycles. The third-order valence-electron chi connectivity index (χ3n) is 6.66. The molecule has 1 saturated heterocycles. The minimum absolute atomic E-state index is 0.0307. The number of nitrogens with two attached hydrogens (primary N) is 1. The highest BCUT2D eigenvalue weighted by Gasteiger charge is 2.35. The van der Waals surface area contributed by atoms with E-state index in [1.807, 2.05) is 32.2 Å². The number of pyridine rings is 1. The zero-order valence-corrected chi connectivity index (χ0v) is 18.9. The second kappa shape index (κ2) is 7.64. The number of nitrogens with zero attached hydrogens (tertiary/aromatic N) is 3. The fraction of sp³-hybridized carbons (Fsp3) is 0.308. The highest BCUT2D eigenvalue weighted by atomic mass is 16.2. The van der Waals surface area contributed by atoms with Gasteiger partial charge in [-0.1, -0.05) is 18.2 Å². The van der Waals surface area contributed by atoms with Gasteiger partial charge in [-0.2, -0.15) is 0 Å². The molecule has 1 amide bonds. The fourth-order valence-corrected chi connectivity index (χ4v) is 4.64. The summed E-state index contributed by atoms with van der Waals surface area (Å²) in [7, 11) is 2.17. The van der Waals surface area contributed by atoms with Crippen molar-refractivity contribution in [2.45, 2.75) is 19.4 Å². The maximum Gasteiger partial charge on any atom is 0.252 e. The Hall–Kier alpha value is -3.38. The van der Waals surface area contributed by atoms with Crippen LogP contribution in [0.15, 0.2) is 54.7 Å². The van der Waals surface area contributed by atoms with Crippen LogP contribution in [-0.2, 0) is 5.54 Å². The Kier molecular flexibility index (Phi) is 4.90. The van der Waals surface area contributed by atoms with E-state index in [-0.39, 0.29) is 5.91 Å². The van der Waals surface area contributed by atoms with E-state index in [2.05, 4.69) is 63.5 Å². The maximum atomic E-state index is 12.2. The normalized spacial score (nSPS) is 17.8. The van der Waals surface area contributed by atoms with Gasteiger partial charge in [0.25, 0.3) is 5.91 Å². The summed E-state index contributed by atoms with van der Waals surface area (Å²) < 4.78 is 0. The Bertz CT molecular complexity index is 1180. The van der Waals surface area contributed by atoms with Crippen molar-refractivity contribution < 1.29 is 4.79 Å². The molecule has 6 nitrogen and oxygen atoms in total. The Labute approximate surface area is 189 Å². The van der Waals surface area contributed by atoms with Crippen molar-refractivity contribution in [2.75, 3.05) is 43.9 Å². The second-order valence-corrected chi connectivity index (χ2v) is 9.33. The Morgan fingerprint density at radius 3 is 2.31 bits per heavy atom. The van der Waals surface area contributed by atoms with Crippen molar-refractivity contribution in [3.8, 4) is 22.3 Å². The van der Waals surface area contributed by atoms with Crippen LogP contribution in [-0.4, -0.2) is 49.0 Å². The van der Waals surface area contributed by atoms with Gasteiger partial charge >= 0.3 is 0 Å². The summed E-state index contributed by atoms with van der Waals surface area (Å²) in [6, 6.07) is 16.7. The lowest BCUT2D eigenvalue weighted by atomic mass is 9.91. The molecule has 32 heavy (non-hydrogen) atoms. The third-order valence-corrected chi connectivity index (χ3v) is 6.66. The summed E-state index contributed by atoms with van der Waals surface area (Å²) in [6.45, 7) is 8.31. The van der Waals surface area contributed by atoms with Gasteiger partial charge in [0.05, 0.1) is 5.54 Å². The molecule has 5 rings (SSSR count). The first-order valence-corrected chi connectivity index (χ1v) is 11.1. The molecular formula is C26H29N5O. The number of hydrogen-bond acceptors (Lipinski definition) is 5. The summed E-state index contributed by atoms with van der Waals surface area (Å²) in [5.74, 6) is 0.453. The average molecular weight is 428 g/mol. The molecule has 0 atom stereocenters. The molecule has 2 aliphatic rings. The molecule has 0 unspecified atom stereocenters. The zero-order valence-electron chi connectivity index (χ0n) is 18.9. The van der Waals surface area contributed by atoms with E-state index in [1.165, 1.54) is 5.69 Å². The van der Waals surface area contributed by atoms with Crippen LogP contribution in [0.3, 0.4) is 0 Å². The monoisotopic (exact) mass is 427 g/mol. The van der Waals surface area contributed by atoms with Gasteiger partial charge in [0, 0.05) is 54.8 Å². The fourth-order valence-electron chi connectivity index (χ4n) is 4.64. The van der Waals surface area contributed by atoms with Crippen LogP contribution < -0.4 is 16.0 Å². The predicted molar refractivity (Wildman–Crippen MR) is 130 cm³/mol. The standard InChI is InChI=1S/C26H29N5O/c1-26(2)23-15-18(6-9-21(23)25(32)29-26)22-14-19(16-28-24(22)27)17-4-7-20(8-5-17)31-12-10-30(3)11-13-31/h4-9,14-16H,10-13H2,1-3H3,(H2,27,28)(H,29,32). The lowest BCUT2D eigenvalue weighted by Crippen LogP contribution is -2.44. The zero-order chi connectivity index (χ0) is 22.5. The molecule has 0 saturated carbocycles. The van der Waals surface area contributed by atoms with E-state index in [9.17, 15) is 4.79 Å².